The Morgan fingerprint density at radius 3 is 2.65 bits per heavy atom. The minimum Gasteiger partial charge on any atom is -0.404 e. The number of nitrogens with one attached hydrogen (secondary N) is 1. The van der Waals surface area contributed by atoms with Crippen LogP contribution in [0.5, 0.6) is 0 Å². The van der Waals surface area contributed by atoms with E-state index in [0.717, 1.165) is 25.9 Å². The second-order valence-electron chi connectivity index (χ2n) is 4.05. The summed E-state index contributed by atoms with van der Waals surface area (Å²) in [5, 5.41) is 13.7. The summed E-state index contributed by atoms with van der Waals surface area (Å²) >= 11 is 0. The van der Waals surface area contributed by atoms with Gasteiger partial charge in [-0.1, -0.05) is 0 Å². The molecule has 96 valence electrons. The maximum atomic E-state index is 10.5. The van der Waals surface area contributed by atoms with Gasteiger partial charge in [0.05, 0.1) is 12.1 Å². The Hall–Kier alpha value is -1.11. The number of rotatable bonds is 3. The summed E-state index contributed by atoms with van der Waals surface area (Å²) in [7, 11) is 0. The molecule has 0 saturated carbocycles. The van der Waals surface area contributed by atoms with Gasteiger partial charge in [-0.25, -0.2) is 0 Å². The third-order valence-corrected chi connectivity index (χ3v) is 3.01. The zero-order valence-corrected chi connectivity index (χ0v) is 10.1. The van der Waals surface area contributed by atoms with Crippen molar-refractivity contribution in [1.29, 1.82) is 0 Å². The van der Waals surface area contributed by atoms with Crippen LogP contribution in [0.1, 0.15) is 24.6 Å². The van der Waals surface area contributed by atoms with E-state index in [1.165, 1.54) is 6.07 Å². The van der Waals surface area contributed by atoms with E-state index < -0.39 is 4.92 Å². The normalized spacial score (nSPS) is 18.4. The maximum Gasteiger partial charge on any atom is 0.433 e. The third-order valence-electron chi connectivity index (χ3n) is 3.01. The van der Waals surface area contributed by atoms with E-state index in [1.54, 1.807) is 6.07 Å². The number of nitrogens with zero attached hydrogens (tertiary/aromatic N) is 1. The summed E-state index contributed by atoms with van der Waals surface area (Å²) in [6.07, 6.45) is 1.96. The van der Waals surface area contributed by atoms with Crippen LogP contribution < -0.4 is 11.1 Å². The number of nitrogens with two attached hydrogens (primary N) is 1. The average molecular weight is 262 g/mol. The van der Waals surface area contributed by atoms with Gasteiger partial charge in [0, 0.05) is 0 Å². The monoisotopic (exact) mass is 261 g/mol. The summed E-state index contributed by atoms with van der Waals surface area (Å²) in [4.78, 5) is 9.93. The summed E-state index contributed by atoms with van der Waals surface area (Å²) in [6.45, 7) is 1.89. The number of piperidine rings is 1. The van der Waals surface area contributed by atoms with Gasteiger partial charge in [0.25, 0.3) is 0 Å². The topological polar surface area (TPSA) is 94.3 Å². The van der Waals surface area contributed by atoms with E-state index in [4.69, 9.17) is 10.2 Å². The van der Waals surface area contributed by atoms with Crippen LogP contribution in [-0.2, 0) is 0 Å². The van der Waals surface area contributed by atoms with E-state index in [9.17, 15) is 10.1 Å². The van der Waals surface area contributed by atoms with Crippen LogP contribution in [0.3, 0.4) is 0 Å². The molecular formula is C10H16ClN3O3. The predicted octanol–water partition coefficient (Wildman–Crippen LogP) is 1.61. The first-order valence-electron chi connectivity index (χ1n) is 5.39. The molecule has 1 aliphatic rings. The van der Waals surface area contributed by atoms with Crippen LogP contribution in [0.2, 0.25) is 0 Å². The highest BCUT2D eigenvalue weighted by Crippen LogP contribution is 2.29. The quantitative estimate of drug-likeness (QED) is 0.637. The molecule has 1 atom stereocenters. The zero-order chi connectivity index (χ0) is 11.5. The van der Waals surface area contributed by atoms with Gasteiger partial charge in [-0.15, -0.1) is 12.4 Å². The van der Waals surface area contributed by atoms with Gasteiger partial charge in [-0.3, -0.25) is 10.1 Å². The lowest BCUT2D eigenvalue weighted by Gasteiger charge is -2.26. The van der Waals surface area contributed by atoms with Gasteiger partial charge < -0.3 is 15.5 Å². The van der Waals surface area contributed by atoms with Crippen molar-refractivity contribution < 1.29 is 9.34 Å². The smallest absolute Gasteiger partial charge is 0.404 e. The zero-order valence-electron chi connectivity index (χ0n) is 9.30. The van der Waals surface area contributed by atoms with Crippen molar-refractivity contribution in [3.05, 3.63) is 28.0 Å². The lowest BCUT2D eigenvalue weighted by molar-refractivity contribution is -0.402. The van der Waals surface area contributed by atoms with Crippen molar-refractivity contribution >= 4 is 18.3 Å². The van der Waals surface area contributed by atoms with Crippen molar-refractivity contribution in [3.63, 3.8) is 0 Å². The largest absolute Gasteiger partial charge is 0.433 e. The summed E-state index contributed by atoms with van der Waals surface area (Å²) in [6, 6.07) is 2.72. The van der Waals surface area contributed by atoms with Crippen molar-refractivity contribution in [2.75, 3.05) is 13.1 Å². The molecule has 1 aromatic heterocycles. The minimum absolute atomic E-state index is 0. The molecule has 2 heterocycles. The molecule has 17 heavy (non-hydrogen) atoms. The summed E-state index contributed by atoms with van der Waals surface area (Å²) < 4.78 is 5.12. The molecule has 0 aliphatic carbocycles. The maximum absolute atomic E-state index is 10.5. The van der Waals surface area contributed by atoms with Gasteiger partial charge in [-0.05, 0) is 37.9 Å². The first-order chi connectivity index (χ1) is 7.68. The van der Waals surface area contributed by atoms with Crippen LogP contribution in [0.15, 0.2) is 16.5 Å². The van der Waals surface area contributed by atoms with E-state index in [1.807, 2.05) is 0 Å². The SMILES string of the molecule is Cl.N[C@@H](c1ccc([N+](=O)[O-])o1)C1CCNCC1. The van der Waals surface area contributed by atoms with Gasteiger partial charge in [-0.2, -0.15) is 0 Å². The number of furan rings is 1. The number of hydrogen-bond acceptors (Lipinski definition) is 5. The Balaban J connectivity index is 0.00000144. The molecule has 0 unspecified atom stereocenters. The fraction of sp³-hybridized carbons (Fsp3) is 0.600. The van der Waals surface area contributed by atoms with Crippen molar-refractivity contribution in [3.8, 4) is 0 Å². The number of hydrogen-bond donors (Lipinski definition) is 2. The number of halogens is 1. The molecule has 0 amide bonds. The van der Waals surface area contributed by atoms with E-state index in [0.29, 0.717) is 11.7 Å². The Morgan fingerprint density at radius 1 is 1.47 bits per heavy atom. The van der Waals surface area contributed by atoms with Gasteiger partial charge in [0.2, 0.25) is 0 Å². The summed E-state index contributed by atoms with van der Waals surface area (Å²) in [5.74, 6) is 0.616. The number of nitro groups is 1. The minimum atomic E-state index is -0.543. The molecular weight excluding hydrogens is 246 g/mol. The highest BCUT2D eigenvalue weighted by Gasteiger charge is 2.25. The predicted molar refractivity (Wildman–Crippen MR) is 65.1 cm³/mol. The standard InChI is InChI=1S/C10H15N3O3.ClH/c11-10(7-3-5-12-6-4-7)8-1-2-9(16-8)13(14)15;/h1-2,7,10,12H,3-6,11H2;1H/t10-;/m1./s1. The fourth-order valence-electron chi connectivity index (χ4n) is 2.06. The molecule has 1 fully saturated rings. The first-order valence-corrected chi connectivity index (χ1v) is 5.39. The van der Waals surface area contributed by atoms with Gasteiger partial charge in [0.15, 0.2) is 0 Å². The highest BCUT2D eigenvalue weighted by atomic mass is 35.5. The molecule has 0 bridgehead atoms. The molecule has 7 heteroatoms. The van der Waals surface area contributed by atoms with Crippen LogP contribution in [-0.4, -0.2) is 18.0 Å². The van der Waals surface area contributed by atoms with Gasteiger partial charge in [0.1, 0.15) is 10.7 Å². The second-order valence-corrected chi connectivity index (χ2v) is 4.05. The molecule has 0 radical (unpaired) electrons. The lowest BCUT2D eigenvalue weighted by atomic mass is 9.89. The molecule has 1 aliphatic heterocycles. The van der Waals surface area contributed by atoms with E-state index in [-0.39, 0.29) is 24.3 Å². The molecule has 0 aromatic carbocycles. The molecule has 2 rings (SSSR count). The Bertz CT molecular complexity index is 377. The Labute approximate surface area is 105 Å². The second kappa shape index (κ2) is 6.00. The van der Waals surface area contributed by atoms with Crippen molar-refractivity contribution in [2.24, 2.45) is 11.7 Å². The Morgan fingerprint density at radius 2 is 2.12 bits per heavy atom. The molecule has 1 saturated heterocycles. The van der Waals surface area contributed by atoms with Crippen molar-refractivity contribution in [1.82, 2.24) is 5.32 Å². The van der Waals surface area contributed by atoms with E-state index in [2.05, 4.69) is 5.32 Å². The first kappa shape index (κ1) is 14.0. The molecule has 1 aromatic rings. The Kier molecular flexibility index (Phi) is 4.92. The average Bonchev–Trinajstić information content (AvgIpc) is 2.78. The highest BCUT2D eigenvalue weighted by molar-refractivity contribution is 5.85. The fourth-order valence-corrected chi connectivity index (χ4v) is 2.06. The van der Waals surface area contributed by atoms with Crippen LogP contribution in [0.25, 0.3) is 0 Å². The molecule has 0 spiro atoms. The van der Waals surface area contributed by atoms with E-state index >= 15 is 0 Å². The summed E-state index contributed by atoms with van der Waals surface area (Å²) in [5.41, 5.74) is 6.04. The van der Waals surface area contributed by atoms with Crippen LogP contribution in [0.4, 0.5) is 5.88 Å². The molecule has 3 N–H and O–H groups in total. The van der Waals surface area contributed by atoms with Crippen LogP contribution in [0, 0.1) is 16.0 Å². The molecule has 6 nitrogen and oxygen atoms in total. The third kappa shape index (κ3) is 3.18. The van der Waals surface area contributed by atoms with Gasteiger partial charge >= 0.3 is 5.88 Å². The lowest BCUT2D eigenvalue weighted by Crippen LogP contribution is -2.33. The van der Waals surface area contributed by atoms with Crippen LogP contribution >= 0.6 is 12.4 Å². The van der Waals surface area contributed by atoms with Crippen molar-refractivity contribution in [2.45, 2.75) is 18.9 Å².